The average Bonchev–Trinajstić information content (AvgIpc) is 3.01. The lowest BCUT2D eigenvalue weighted by Crippen LogP contribution is -2.45. The first-order chi connectivity index (χ1) is 11.6. The molecule has 1 unspecified atom stereocenters. The van der Waals surface area contributed by atoms with Gasteiger partial charge in [0.2, 0.25) is 0 Å². The lowest BCUT2D eigenvalue weighted by molar-refractivity contribution is 0.0986. The Hall–Kier alpha value is -2.01. The summed E-state index contributed by atoms with van der Waals surface area (Å²) in [6.45, 7) is 0. The molecule has 6 heteroatoms. The monoisotopic (exact) mass is 374 g/mol. The van der Waals surface area contributed by atoms with E-state index in [0.717, 1.165) is 16.8 Å². The maximum absolute atomic E-state index is 12.9. The molecule has 24 heavy (non-hydrogen) atoms. The number of carbonyl (C=O) groups is 1. The number of halogens is 2. The maximum Gasteiger partial charge on any atom is 0.273 e. The third-order valence-electron chi connectivity index (χ3n) is 3.88. The summed E-state index contributed by atoms with van der Waals surface area (Å²) in [5, 5.41) is 5.85. The molecule has 3 aromatic rings. The maximum atomic E-state index is 12.9. The van der Waals surface area contributed by atoms with Crippen molar-refractivity contribution in [3.63, 3.8) is 0 Å². The van der Waals surface area contributed by atoms with Crippen LogP contribution in [0.5, 0.6) is 0 Å². The minimum Gasteiger partial charge on any atom is -0.350 e. The number of amides is 1. The van der Waals surface area contributed by atoms with Gasteiger partial charge in [-0.15, -0.1) is 11.3 Å². The van der Waals surface area contributed by atoms with Gasteiger partial charge in [0.15, 0.2) is 5.62 Å². The highest BCUT2D eigenvalue weighted by Crippen LogP contribution is 2.42. The van der Waals surface area contributed by atoms with Crippen molar-refractivity contribution in [1.29, 1.82) is 0 Å². The third-order valence-corrected chi connectivity index (χ3v) is 5.41. The van der Waals surface area contributed by atoms with Crippen molar-refractivity contribution in [1.82, 2.24) is 0 Å². The van der Waals surface area contributed by atoms with E-state index < -0.39 is 5.62 Å². The van der Waals surface area contributed by atoms with Crippen molar-refractivity contribution in [2.24, 2.45) is 0 Å². The van der Waals surface area contributed by atoms with Gasteiger partial charge < -0.3 is 5.32 Å². The van der Waals surface area contributed by atoms with E-state index >= 15 is 0 Å². The molecule has 0 saturated heterocycles. The zero-order chi connectivity index (χ0) is 16.7. The second kappa shape index (κ2) is 6.13. The molecule has 1 atom stereocenters. The summed E-state index contributed by atoms with van der Waals surface area (Å²) >= 11 is 13.8. The number of rotatable bonds is 2. The first-order valence-corrected chi connectivity index (χ1v) is 9.01. The molecule has 1 N–H and O–H groups in total. The van der Waals surface area contributed by atoms with Gasteiger partial charge in [-0.25, -0.2) is 0 Å². The van der Waals surface area contributed by atoms with E-state index in [4.69, 9.17) is 23.2 Å². The Morgan fingerprint density at radius 1 is 1.04 bits per heavy atom. The van der Waals surface area contributed by atoms with Crippen molar-refractivity contribution in [3.05, 3.63) is 69.9 Å². The van der Waals surface area contributed by atoms with Gasteiger partial charge in [0.25, 0.3) is 5.91 Å². The predicted octanol–water partition coefficient (Wildman–Crippen LogP) is 5.66. The Kier molecular flexibility index (Phi) is 3.96. The van der Waals surface area contributed by atoms with Gasteiger partial charge >= 0.3 is 0 Å². The second-order valence-corrected chi connectivity index (χ2v) is 7.08. The Balaban J connectivity index is 1.76. The van der Waals surface area contributed by atoms with Gasteiger partial charge in [0.05, 0.1) is 5.69 Å². The predicted molar refractivity (Wildman–Crippen MR) is 101 cm³/mol. The van der Waals surface area contributed by atoms with E-state index in [9.17, 15) is 4.79 Å². The fourth-order valence-corrected chi connectivity index (χ4v) is 4.15. The molecule has 0 saturated carbocycles. The summed E-state index contributed by atoms with van der Waals surface area (Å²) in [7, 11) is 0. The molecule has 2 aromatic carbocycles. The van der Waals surface area contributed by atoms with Gasteiger partial charge in [-0.05, 0) is 29.8 Å². The van der Waals surface area contributed by atoms with E-state index in [2.05, 4.69) is 5.32 Å². The number of thiophene rings is 1. The minimum atomic E-state index is -0.664. The number of nitrogens with zero attached hydrogens (tertiary/aromatic N) is 1. The standard InChI is InChI=1S/C18H12Cl2N2OS/c19-12-6-8-13(9-7-12)22-17(23)16-15(21-18(22)20)14(10-24-16)11-4-2-1-3-5-11/h1-10,18,21H. The molecule has 4 rings (SSSR count). The van der Waals surface area contributed by atoms with Gasteiger partial charge in [-0.1, -0.05) is 53.5 Å². The number of nitrogens with one attached hydrogen (secondary N) is 1. The van der Waals surface area contributed by atoms with Crippen LogP contribution in [0.15, 0.2) is 60.0 Å². The van der Waals surface area contributed by atoms with Gasteiger partial charge in [0.1, 0.15) is 4.88 Å². The fourth-order valence-electron chi connectivity index (χ4n) is 2.73. The number of alkyl halides is 1. The number of carbonyl (C=O) groups excluding carboxylic acids is 1. The quantitative estimate of drug-likeness (QED) is 0.463. The summed E-state index contributed by atoms with van der Waals surface area (Å²) in [6, 6.07) is 17.0. The first-order valence-electron chi connectivity index (χ1n) is 7.32. The number of fused-ring (bicyclic) bond motifs is 1. The highest BCUT2D eigenvalue weighted by Gasteiger charge is 2.34. The molecule has 0 bridgehead atoms. The molecular formula is C18H12Cl2N2OS. The molecule has 0 spiro atoms. The lowest BCUT2D eigenvalue weighted by atomic mass is 10.1. The normalized spacial score (nSPS) is 16.7. The SMILES string of the molecule is O=C1c2scc(-c3ccccc3)c2NC(Cl)N1c1ccc(Cl)cc1. The Labute approximate surface area is 153 Å². The van der Waals surface area contributed by atoms with Crippen LogP contribution in [0.2, 0.25) is 5.02 Å². The third kappa shape index (κ3) is 2.57. The van der Waals surface area contributed by atoms with Crippen molar-refractivity contribution in [3.8, 4) is 11.1 Å². The van der Waals surface area contributed by atoms with Crippen LogP contribution in [0.3, 0.4) is 0 Å². The van der Waals surface area contributed by atoms with Gasteiger partial charge in [-0.2, -0.15) is 0 Å². The fraction of sp³-hybridized carbons (Fsp3) is 0.0556. The largest absolute Gasteiger partial charge is 0.350 e. The van der Waals surface area contributed by atoms with Crippen LogP contribution in [-0.4, -0.2) is 11.5 Å². The molecule has 120 valence electrons. The van der Waals surface area contributed by atoms with E-state index in [-0.39, 0.29) is 5.91 Å². The van der Waals surface area contributed by atoms with Crippen LogP contribution < -0.4 is 10.2 Å². The Morgan fingerprint density at radius 2 is 1.75 bits per heavy atom. The highest BCUT2D eigenvalue weighted by molar-refractivity contribution is 7.13. The highest BCUT2D eigenvalue weighted by atomic mass is 35.5. The topological polar surface area (TPSA) is 32.3 Å². The molecular weight excluding hydrogens is 363 g/mol. The number of hydrogen-bond acceptors (Lipinski definition) is 3. The number of benzene rings is 2. The van der Waals surface area contributed by atoms with Gasteiger partial charge in [-0.3, -0.25) is 9.69 Å². The van der Waals surface area contributed by atoms with Crippen molar-refractivity contribution < 1.29 is 4.79 Å². The van der Waals surface area contributed by atoms with Crippen LogP contribution in [0.25, 0.3) is 11.1 Å². The summed E-state index contributed by atoms with van der Waals surface area (Å²) in [4.78, 5) is 15.1. The van der Waals surface area contributed by atoms with Crippen molar-refractivity contribution in [2.75, 3.05) is 10.2 Å². The summed E-state index contributed by atoms with van der Waals surface area (Å²) in [6.07, 6.45) is 0. The molecule has 1 aliphatic heterocycles. The van der Waals surface area contributed by atoms with Crippen LogP contribution in [0, 0.1) is 0 Å². The van der Waals surface area contributed by atoms with Crippen molar-refractivity contribution in [2.45, 2.75) is 5.62 Å². The lowest BCUT2D eigenvalue weighted by Gasteiger charge is -2.33. The second-order valence-electron chi connectivity index (χ2n) is 5.35. The number of anilines is 2. The molecule has 0 radical (unpaired) electrons. The molecule has 0 aliphatic carbocycles. The van der Waals surface area contributed by atoms with E-state index in [1.54, 1.807) is 24.3 Å². The minimum absolute atomic E-state index is 0.113. The Bertz CT molecular complexity index is 893. The molecule has 2 heterocycles. The zero-order valence-corrected chi connectivity index (χ0v) is 14.7. The first kappa shape index (κ1) is 15.5. The molecule has 1 aromatic heterocycles. The van der Waals surface area contributed by atoms with E-state index in [1.165, 1.54) is 16.2 Å². The summed E-state index contributed by atoms with van der Waals surface area (Å²) in [5.41, 5.74) is 2.88. The van der Waals surface area contributed by atoms with Gasteiger partial charge in [0, 0.05) is 21.7 Å². The summed E-state index contributed by atoms with van der Waals surface area (Å²) < 4.78 is 0. The molecule has 1 amide bonds. The average molecular weight is 375 g/mol. The Morgan fingerprint density at radius 3 is 2.46 bits per heavy atom. The molecule has 1 aliphatic rings. The summed E-state index contributed by atoms with van der Waals surface area (Å²) in [5.74, 6) is -0.113. The number of hydrogen-bond donors (Lipinski definition) is 1. The zero-order valence-electron chi connectivity index (χ0n) is 12.4. The van der Waals surface area contributed by atoms with Crippen LogP contribution in [0.1, 0.15) is 9.67 Å². The molecule has 3 nitrogen and oxygen atoms in total. The van der Waals surface area contributed by atoms with E-state index in [1.807, 2.05) is 35.7 Å². The van der Waals surface area contributed by atoms with Crippen LogP contribution in [-0.2, 0) is 0 Å². The smallest absolute Gasteiger partial charge is 0.273 e. The van der Waals surface area contributed by atoms with Crippen LogP contribution >= 0.6 is 34.5 Å². The molecule has 0 fully saturated rings. The van der Waals surface area contributed by atoms with Crippen LogP contribution in [0.4, 0.5) is 11.4 Å². The van der Waals surface area contributed by atoms with E-state index in [0.29, 0.717) is 15.6 Å². The van der Waals surface area contributed by atoms with Crippen molar-refractivity contribution >= 4 is 51.8 Å².